The van der Waals surface area contributed by atoms with Gasteiger partial charge in [0.2, 0.25) is 0 Å². The molecule has 0 aliphatic heterocycles. The third-order valence-corrected chi connectivity index (χ3v) is 2.11. The van der Waals surface area contributed by atoms with Crippen LogP contribution in [-0.2, 0) is 0 Å². The van der Waals surface area contributed by atoms with Crippen LogP contribution in [0.1, 0.15) is 11.1 Å². The summed E-state index contributed by atoms with van der Waals surface area (Å²) in [6.07, 6.45) is 0. The predicted molar refractivity (Wildman–Crippen MR) is 42.6 cm³/mol. The summed E-state index contributed by atoms with van der Waals surface area (Å²) in [5.74, 6) is 0.157. The Hall–Kier alpha value is -0.690. The van der Waals surface area contributed by atoms with Crippen LogP contribution in [0.5, 0.6) is 5.75 Å². The molecule has 0 aliphatic rings. The lowest BCUT2D eigenvalue weighted by atomic mass is 10.1. The van der Waals surface area contributed by atoms with E-state index in [-0.39, 0.29) is 5.75 Å². The molecule has 0 atom stereocenters. The van der Waals surface area contributed by atoms with Crippen LogP contribution in [0.4, 0.5) is 0 Å². The zero-order chi connectivity index (χ0) is 7.72. The van der Waals surface area contributed by atoms with Crippen molar-refractivity contribution in [1.82, 2.24) is 0 Å². The molecule has 1 aromatic rings. The van der Waals surface area contributed by atoms with Gasteiger partial charge in [-0.3, -0.25) is 0 Å². The largest absolute Gasteiger partial charge is 0.506 e. The van der Waals surface area contributed by atoms with E-state index in [4.69, 9.17) is 16.7 Å². The Kier molecular flexibility index (Phi) is 1.86. The maximum atomic E-state index is 9.09. The summed E-state index contributed by atoms with van der Waals surface area (Å²) in [6.45, 7) is 3.85. The number of aryl methyl sites for hydroxylation is 1. The van der Waals surface area contributed by atoms with Gasteiger partial charge in [0.1, 0.15) is 5.75 Å². The smallest absolute Gasteiger partial charge is 0.134 e. The molecule has 1 nitrogen and oxygen atoms in total. The van der Waals surface area contributed by atoms with Gasteiger partial charge >= 0.3 is 0 Å². The van der Waals surface area contributed by atoms with Crippen molar-refractivity contribution in [3.63, 3.8) is 0 Å². The minimum atomic E-state index is 0.157. The third kappa shape index (κ3) is 1.09. The fraction of sp³-hybridized carbons (Fsp3) is 0.250. The van der Waals surface area contributed by atoms with Crippen molar-refractivity contribution >= 4 is 11.6 Å². The number of phenolic OH excluding ortho intramolecular Hbond substituents is 1. The van der Waals surface area contributed by atoms with Gasteiger partial charge in [-0.2, -0.15) is 0 Å². The van der Waals surface area contributed by atoms with Crippen molar-refractivity contribution in [3.05, 3.63) is 28.3 Å². The van der Waals surface area contributed by atoms with Crippen molar-refractivity contribution in [1.29, 1.82) is 0 Å². The highest BCUT2D eigenvalue weighted by atomic mass is 35.5. The predicted octanol–water partition coefficient (Wildman–Crippen LogP) is 2.66. The van der Waals surface area contributed by atoms with Crippen molar-refractivity contribution < 1.29 is 5.11 Å². The van der Waals surface area contributed by atoms with Gasteiger partial charge in [-0.15, -0.1) is 0 Å². The summed E-state index contributed by atoms with van der Waals surface area (Å²) in [4.78, 5) is 0. The van der Waals surface area contributed by atoms with Gasteiger partial charge < -0.3 is 5.11 Å². The number of benzene rings is 1. The first kappa shape index (κ1) is 7.42. The molecule has 0 spiro atoms. The number of rotatable bonds is 0. The Labute approximate surface area is 65.3 Å². The second-order valence-corrected chi connectivity index (χ2v) is 2.72. The average molecular weight is 157 g/mol. The number of aromatic hydroxyl groups is 1. The first-order chi connectivity index (χ1) is 4.63. The van der Waals surface area contributed by atoms with Crippen LogP contribution in [0.2, 0.25) is 5.02 Å². The summed E-state index contributed by atoms with van der Waals surface area (Å²) >= 11 is 5.73. The Bertz CT molecular complexity index is 229. The molecule has 0 unspecified atom stereocenters. The molecule has 0 heterocycles. The molecule has 1 N–H and O–H groups in total. The molecule has 10 heavy (non-hydrogen) atoms. The Balaban J connectivity index is 3.34. The minimum absolute atomic E-state index is 0.157. The van der Waals surface area contributed by atoms with E-state index in [0.29, 0.717) is 5.02 Å². The second-order valence-electron chi connectivity index (χ2n) is 2.34. The van der Waals surface area contributed by atoms with Gasteiger partial charge in [-0.05, 0) is 31.0 Å². The fourth-order valence-electron chi connectivity index (χ4n) is 0.767. The summed E-state index contributed by atoms with van der Waals surface area (Å²) < 4.78 is 0. The fourth-order valence-corrected chi connectivity index (χ4v) is 0.979. The molecule has 0 bridgehead atoms. The zero-order valence-electron chi connectivity index (χ0n) is 5.98. The van der Waals surface area contributed by atoms with Crippen molar-refractivity contribution in [2.75, 3.05) is 0 Å². The van der Waals surface area contributed by atoms with E-state index < -0.39 is 0 Å². The lowest BCUT2D eigenvalue weighted by molar-refractivity contribution is 0.475. The highest BCUT2D eigenvalue weighted by Crippen LogP contribution is 2.28. The number of phenols is 1. The molecule has 0 aliphatic carbocycles. The molecule has 0 radical (unpaired) electrons. The molecule has 0 aromatic heterocycles. The van der Waals surface area contributed by atoms with E-state index in [0.717, 1.165) is 11.1 Å². The second kappa shape index (κ2) is 2.51. The maximum absolute atomic E-state index is 9.09. The van der Waals surface area contributed by atoms with E-state index in [1.807, 2.05) is 19.9 Å². The van der Waals surface area contributed by atoms with E-state index in [2.05, 4.69) is 0 Å². The quantitative estimate of drug-likeness (QED) is 0.613. The van der Waals surface area contributed by atoms with E-state index in [1.54, 1.807) is 6.07 Å². The normalized spacial score (nSPS) is 9.90. The van der Waals surface area contributed by atoms with E-state index in [9.17, 15) is 0 Å². The SMILES string of the molecule is Cc1ccc(O)c(Cl)c1C. The molecule has 1 rings (SSSR count). The summed E-state index contributed by atoms with van der Waals surface area (Å²) in [5, 5.41) is 9.55. The van der Waals surface area contributed by atoms with Crippen LogP contribution in [-0.4, -0.2) is 5.11 Å². The molecule has 1 aromatic carbocycles. The van der Waals surface area contributed by atoms with Crippen LogP contribution in [0.25, 0.3) is 0 Å². The van der Waals surface area contributed by atoms with Crippen LogP contribution < -0.4 is 0 Å². The summed E-state index contributed by atoms with van der Waals surface area (Å²) in [5.41, 5.74) is 2.05. The maximum Gasteiger partial charge on any atom is 0.134 e. The molecule has 2 heteroatoms. The lowest BCUT2D eigenvalue weighted by Gasteiger charge is -2.02. The van der Waals surface area contributed by atoms with Gasteiger partial charge in [-0.1, -0.05) is 17.7 Å². The van der Waals surface area contributed by atoms with Gasteiger partial charge in [0.15, 0.2) is 0 Å². The van der Waals surface area contributed by atoms with E-state index in [1.165, 1.54) is 0 Å². The number of halogens is 1. The summed E-state index contributed by atoms with van der Waals surface area (Å²) in [7, 11) is 0. The van der Waals surface area contributed by atoms with Gasteiger partial charge in [0, 0.05) is 0 Å². The third-order valence-electron chi connectivity index (χ3n) is 1.64. The van der Waals surface area contributed by atoms with Crippen LogP contribution in [0, 0.1) is 13.8 Å². The van der Waals surface area contributed by atoms with Gasteiger partial charge in [0.25, 0.3) is 0 Å². The molecule has 0 fully saturated rings. The zero-order valence-corrected chi connectivity index (χ0v) is 6.74. The first-order valence-electron chi connectivity index (χ1n) is 3.07. The Morgan fingerprint density at radius 1 is 1.30 bits per heavy atom. The van der Waals surface area contributed by atoms with Crippen LogP contribution in [0.15, 0.2) is 12.1 Å². The first-order valence-corrected chi connectivity index (χ1v) is 3.45. The molecule has 0 amide bonds. The number of hydrogen-bond acceptors (Lipinski definition) is 1. The Morgan fingerprint density at radius 2 is 1.90 bits per heavy atom. The lowest BCUT2D eigenvalue weighted by Crippen LogP contribution is -1.81. The molecule has 0 saturated carbocycles. The van der Waals surface area contributed by atoms with Crippen molar-refractivity contribution in [2.45, 2.75) is 13.8 Å². The van der Waals surface area contributed by atoms with E-state index >= 15 is 0 Å². The molecule has 54 valence electrons. The average Bonchev–Trinajstić information content (AvgIpc) is 1.93. The topological polar surface area (TPSA) is 20.2 Å². The van der Waals surface area contributed by atoms with Crippen molar-refractivity contribution in [2.24, 2.45) is 0 Å². The highest BCUT2D eigenvalue weighted by molar-refractivity contribution is 6.32. The van der Waals surface area contributed by atoms with Crippen LogP contribution >= 0.6 is 11.6 Å². The van der Waals surface area contributed by atoms with Crippen LogP contribution in [0.3, 0.4) is 0 Å². The highest BCUT2D eigenvalue weighted by Gasteiger charge is 2.02. The van der Waals surface area contributed by atoms with Gasteiger partial charge in [-0.25, -0.2) is 0 Å². The standard InChI is InChI=1S/C8H9ClO/c1-5-3-4-7(10)8(9)6(5)2/h3-4,10H,1-2H3. The van der Waals surface area contributed by atoms with Crippen molar-refractivity contribution in [3.8, 4) is 5.75 Å². The molecular formula is C8H9ClO. The monoisotopic (exact) mass is 156 g/mol. The molecular weight excluding hydrogens is 148 g/mol. The van der Waals surface area contributed by atoms with Gasteiger partial charge in [0.05, 0.1) is 5.02 Å². The number of hydrogen-bond donors (Lipinski definition) is 1. The minimum Gasteiger partial charge on any atom is -0.506 e. The molecule has 0 saturated heterocycles. The summed E-state index contributed by atoms with van der Waals surface area (Å²) in [6, 6.07) is 3.45. The Morgan fingerprint density at radius 3 is 2.40 bits per heavy atom.